The van der Waals surface area contributed by atoms with Gasteiger partial charge in [-0.1, -0.05) is 0 Å². The van der Waals surface area contributed by atoms with Gasteiger partial charge < -0.3 is 20.3 Å². The van der Waals surface area contributed by atoms with E-state index in [1.807, 2.05) is 17.0 Å². The van der Waals surface area contributed by atoms with E-state index in [-0.39, 0.29) is 5.91 Å². The van der Waals surface area contributed by atoms with E-state index in [1.54, 1.807) is 6.20 Å². The van der Waals surface area contributed by atoms with Gasteiger partial charge in [-0.25, -0.2) is 9.98 Å². The molecular formula is C20H31N5O2. The predicted octanol–water partition coefficient (Wildman–Crippen LogP) is 1.94. The lowest BCUT2D eigenvalue weighted by molar-refractivity contribution is -0.127. The Bertz CT molecular complexity index is 645. The van der Waals surface area contributed by atoms with Crippen LogP contribution in [0.1, 0.15) is 44.6 Å². The third-order valence-corrected chi connectivity index (χ3v) is 4.80. The minimum Gasteiger partial charge on any atom is -0.477 e. The number of carbonyl (C=O) groups is 1. The Labute approximate surface area is 161 Å². The number of pyridine rings is 1. The molecule has 27 heavy (non-hydrogen) atoms. The van der Waals surface area contributed by atoms with Gasteiger partial charge in [-0.05, 0) is 50.2 Å². The summed E-state index contributed by atoms with van der Waals surface area (Å²) in [6.07, 6.45) is 6.94. The average Bonchev–Trinajstić information content (AvgIpc) is 3.43. The normalized spacial score (nSPS) is 17.3. The van der Waals surface area contributed by atoms with Crippen LogP contribution in [0.15, 0.2) is 23.3 Å². The molecule has 1 aromatic heterocycles. The summed E-state index contributed by atoms with van der Waals surface area (Å²) in [6.45, 7) is 6.71. The zero-order valence-electron chi connectivity index (χ0n) is 16.2. The molecule has 0 bridgehead atoms. The zero-order valence-corrected chi connectivity index (χ0v) is 16.2. The molecular weight excluding hydrogens is 342 g/mol. The second kappa shape index (κ2) is 10.1. The second-order valence-electron chi connectivity index (χ2n) is 7.22. The highest BCUT2D eigenvalue weighted by Gasteiger charge is 2.22. The highest BCUT2D eigenvalue weighted by atomic mass is 16.5. The monoisotopic (exact) mass is 373 g/mol. The minimum absolute atomic E-state index is 0.285. The van der Waals surface area contributed by atoms with Gasteiger partial charge in [0.2, 0.25) is 11.8 Å². The number of nitrogens with zero attached hydrogens (tertiary/aromatic N) is 3. The summed E-state index contributed by atoms with van der Waals surface area (Å²) in [5.74, 6) is 2.48. The number of ether oxygens (including phenoxy) is 1. The Kier molecular flexibility index (Phi) is 7.30. The van der Waals surface area contributed by atoms with Gasteiger partial charge in [0.05, 0.1) is 13.2 Å². The van der Waals surface area contributed by atoms with Gasteiger partial charge in [-0.3, -0.25) is 4.79 Å². The topological polar surface area (TPSA) is 78.9 Å². The van der Waals surface area contributed by atoms with Crippen molar-refractivity contribution in [3.8, 4) is 5.88 Å². The quantitative estimate of drug-likeness (QED) is 0.372. The van der Waals surface area contributed by atoms with Crippen LogP contribution in [-0.2, 0) is 11.3 Å². The van der Waals surface area contributed by atoms with Gasteiger partial charge in [0.1, 0.15) is 0 Å². The molecule has 7 heteroatoms. The van der Waals surface area contributed by atoms with E-state index in [4.69, 9.17) is 4.74 Å². The van der Waals surface area contributed by atoms with Crippen LogP contribution < -0.4 is 15.4 Å². The van der Waals surface area contributed by atoms with E-state index in [0.29, 0.717) is 24.8 Å². The maximum absolute atomic E-state index is 11.6. The summed E-state index contributed by atoms with van der Waals surface area (Å²) < 4.78 is 5.74. The van der Waals surface area contributed by atoms with Crippen molar-refractivity contribution in [3.63, 3.8) is 0 Å². The predicted molar refractivity (Wildman–Crippen MR) is 106 cm³/mol. The van der Waals surface area contributed by atoms with Crippen molar-refractivity contribution in [3.05, 3.63) is 23.9 Å². The molecule has 3 rings (SSSR count). The molecule has 2 heterocycles. The lowest BCUT2D eigenvalue weighted by Crippen LogP contribution is -2.39. The maximum Gasteiger partial charge on any atom is 0.222 e. The molecule has 0 unspecified atom stereocenters. The minimum atomic E-state index is 0.285. The van der Waals surface area contributed by atoms with Crippen molar-refractivity contribution in [1.82, 2.24) is 20.5 Å². The molecule has 2 aliphatic rings. The third kappa shape index (κ3) is 6.73. The number of amides is 1. The van der Waals surface area contributed by atoms with Gasteiger partial charge in [0.15, 0.2) is 5.96 Å². The lowest BCUT2D eigenvalue weighted by atomic mass is 10.3. The molecule has 1 amide bonds. The fraction of sp³-hybridized carbons (Fsp3) is 0.650. The van der Waals surface area contributed by atoms with Gasteiger partial charge in [-0.2, -0.15) is 0 Å². The average molecular weight is 374 g/mol. The zero-order chi connectivity index (χ0) is 18.9. The van der Waals surface area contributed by atoms with Gasteiger partial charge in [0.25, 0.3) is 0 Å². The van der Waals surface area contributed by atoms with E-state index in [1.165, 1.54) is 12.8 Å². The first-order chi connectivity index (χ1) is 13.2. The fourth-order valence-corrected chi connectivity index (χ4v) is 3.04. The van der Waals surface area contributed by atoms with E-state index < -0.39 is 0 Å². The van der Waals surface area contributed by atoms with Gasteiger partial charge in [0, 0.05) is 44.9 Å². The number of likely N-dealkylation sites (tertiary alicyclic amines) is 1. The Hall–Kier alpha value is -2.31. The first kappa shape index (κ1) is 19.5. The number of hydrogen-bond acceptors (Lipinski definition) is 4. The van der Waals surface area contributed by atoms with Crippen LogP contribution in [0.2, 0.25) is 0 Å². The van der Waals surface area contributed by atoms with Crippen LogP contribution >= 0.6 is 0 Å². The summed E-state index contributed by atoms with van der Waals surface area (Å²) >= 11 is 0. The first-order valence-electron chi connectivity index (χ1n) is 10.1. The first-order valence-corrected chi connectivity index (χ1v) is 10.1. The van der Waals surface area contributed by atoms with Crippen molar-refractivity contribution in [2.45, 2.75) is 45.6 Å². The van der Waals surface area contributed by atoms with Crippen LogP contribution in [-0.4, -0.2) is 54.5 Å². The molecule has 1 aliphatic heterocycles. The number of guanidine groups is 1. The summed E-state index contributed by atoms with van der Waals surface area (Å²) in [6, 6.07) is 3.93. The van der Waals surface area contributed by atoms with Gasteiger partial charge >= 0.3 is 0 Å². The SMILES string of the molecule is CCNC(=NCc1ccnc(OCC2CC2)c1)NCCCN1CCCC1=O. The molecule has 2 fully saturated rings. The summed E-state index contributed by atoms with van der Waals surface area (Å²) in [5, 5.41) is 6.61. The smallest absolute Gasteiger partial charge is 0.222 e. The number of hydrogen-bond donors (Lipinski definition) is 2. The Morgan fingerprint density at radius 3 is 3.04 bits per heavy atom. The Morgan fingerprint density at radius 2 is 2.30 bits per heavy atom. The lowest BCUT2D eigenvalue weighted by Gasteiger charge is -2.16. The van der Waals surface area contributed by atoms with Crippen molar-refractivity contribution < 1.29 is 9.53 Å². The summed E-state index contributed by atoms with van der Waals surface area (Å²) in [4.78, 5) is 22.5. The number of rotatable bonds is 10. The molecule has 148 valence electrons. The van der Waals surface area contributed by atoms with E-state index in [0.717, 1.165) is 57.2 Å². The molecule has 7 nitrogen and oxygen atoms in total. The molecule has 1 saturated carbocycles. The van der Waals surface area contributed by atoms with E-state index in [9.17, 15) is 4.79 Å². The molecule has 2 N–H and O–H groups in total. The van der Waals surface area contributed by atoms with Crippen LogP contribution in [0, 0.1) is 5.92 Å². The Morgan fingerprint density at radius 1 is 1.41 bits per heavy atom. The van der Waals surface area contributed by atoms with Crippen molar-refractivity contribution in [2.75, 3.05) is 32.8 Å². The van der Waals surface area contributed by atoms with Crippen LogP contribution in [0.3, 0.4) is 0 Å². The second-order valence-corrected chi connectivity index (χ2v) is 7.22. The number of carbonyl (C=O) groups excluding carboxylic acids is 1. The van der Waals surface area contributed by atoms with E-state index >= 15 is 0 Å². The molecule has 0 atom stereocenters. The molecule has 1 saturated heterocycles. The largest absolute Gasteiger partial charge is 0.477 e. The fourth-order valence-electron chi connectivity index (χ4n) is 3.04. The molecule has 1 aromatic rings. The van der Waals surface area contributed by atoms with Gasteiger partial charge in [-0.15, -0.1) is 0 Å². The summed E-state index contributed by atoms with van der Waals surface area (Å²) in [7, 11) is 0. The highest BCUT2D eigenvalue weighted by molar-refractivity contribution is 5.79. The van der Waals surface area contributed by atoms with Crippen LogP contribution in [0.4, 0.5) is 0 Å². The Balaban J connectivity index is 1.43. The standard InChI is InChI=1S/C20H31N5O2/c1-2-21-20(23-9-4-12-25-11-3-5-19(25)26)24-14-17-8-10-22-18(13-17)27-15-16-6-7-16/h8,10,13,16H,2-7,9,11-12,14-15H2,1H3,(H2,21,23,24). The van der Waals surface area contributed by atoms with Crippen molar-refractivity contribution in [2.24, 2.45) is 10.9 Å². The van der Waals surface area contributed by atoms with Crippen LogP contribution in [0.5, 0.6) is 5.88 Å². The third-order valence-electron chi connectivity index (χ3n) is 4.80. The number of nitrogens with one attached hydrogen (secondary N) is 2. The van der Waals surface area contributed by atoms with Crippen LogP contribution in [0.25, 0.3) is 0 Å². The molecule has 0 spiro atoms. The summed E-state index contributed by atoms with van der Waals surface area (Å²) in [5.41, 5.74) is 1.08. The maximum atomic E-state index is 11.6. The number of aliphatic imine (C=N–C) groups is 1. The number of aromatic nitrogens is 1. The van der Waals surface area contributed by atoms with Crippen molar-refractivity contribution in [1.29, 1.82) is 0 Å². The molecule has 0 aromatic carbocycles. The molecule has 0 radical (unpaired) electrons. The highest BCUT2D eigenvalue weighted by Crippen LogP contribution is 2.29. The van der Waals surface area contributed by atoms with Crippen molar-refractivity contribution >= 4 is 11.9 Å². The van der Waals surface area contributed by atoms with E-state index in [2.05, 4.69) is 27.5 Å². The molecule has 1 aliphatic carbocycles.